The van der Waals surface area contributed by atoms with Crippen molar-refractivity contribution in [2.24, 2.45) is 0 Å². The number of aromatic nitrogens is 2. The van der Waals surface area contributed by atoms with Gasteiger partial charge in [0.1, 0.15) is 10.7 Å². The van der Waals surface area contributed by atoms with Crippen LogP contribution in [0, 0.1) is 10.1 Å². The quantitative estimate of drug-likeness (QED) is 0.275. The number of rotatable bonds is 4. The van der Waals surface area contributed by atoms with Crippen molar-refractivity contribution >= 4 is 50.7 Å². The van der Waals surface area contributed by atoms with E-state index >= 15 is 0 Å². The molecular formula is C16H9BrClN3O3. The third-order valence-corrected chi connectivity index (χ3v) is 4.12. The van der Waals surface area contributed by atoms with Crippen molar-refractivity contribution in [3.8, 4) is 0 Å². The Labute approximate surface area is 149 Å². The summed E-state index contributed by atoms with van der Waals surface area (Å²) < 4.78 is 2.69. The highest BCUT2D eigenvalue weighted by atomic mass is 79.9. The van der Waals surface area contributed by atoms with Crippen LogP contribution in [-0.4, -0.2) is 20.1 Å². The number of ketones is 1. The molecule has 2 aromatic heterocycles. The van der Waals surface area contributed by atoms with Crippen LogP contribution in [0.15, 0.2) is 53.3 Å². The van der Waals surface area contributed by atoms with Gasteiger partial charge in [0.2, 0.25) is 0 Å². The van der Waals surface area contributed by atoms with Gasteiger partial charge in [0, 0.05) is 22.3 Å². The minimum atomic E-state index is -0.620. The Hall–Kier alpha value is -2.51. The van der Waals surface area contributed by atoms with Gasteiger partial charge in [-0.3, -0.25) is 19.3 Å². The molecule has 0 bridgehead atoms. The fourth-order valence-electron chi connectivity index (χ4n) is 2.16. The predicted molar refractivity (Wildman–Crippen MR) is 94.4 cm³/mol. The van der Waals surface area contributed by atoms with Gasteiger partial charge >= 0.3 is 0 Å². The van der Waals surface area contributed by atoms with Gasteiger partial charge in [0.25, 0.3) is 5.69 Å². The van der Waals surface area contributed by atoms with Crippen molar-refractivity contribution in [1.29, 1.82) is 0 Å². The highest BCUT2D eigenvalue weighted by Crippen LogP contribution is 2.25. The average Bonchev–Trinajstić information content (AvgIpc) is 2.95. The highest BCUT2D eigenvalue weighted by molar-refractivity contribution is 9.10. The number of nitro groups is 1. The van der Waals surface area contributed by atoms with Crippen LogP contribution in [0.1, 0.15) is 16.1 Å². The molecule has 120 valence electrons. The maximum atomic E-state index is 12.2. The number of hydrogen-bond acceptors (Lipinski definition) is 4. The van der Waals surface area contributed by atoms with E-state index in [1.807, 2.05) is 22.7 Å². The summed E-state index contributed by atoms with van der Waals surface area (Å²) in [4.78, 5) is 26.7. The summed E-state index contributed by atoms with van der Waals surface area (Å²) in [6.07, 6.45) is 6.42. The van der Waals surface area contributed by atoms with E-state index in [-0.39, 0.29) is 22.1 Å². The first-order valence-electron chi connectivity index (χ1n) is 6.74. The zero-order valence-corrected chi connectivity index (χ0v) is 14.4. The minimum Gasteiger partial charge on any atom is -0.299 e. The van der Waals surface area contributed by atoms with Gasteiger partial charge in [0.15, 0.2) is 5.78 Å². The minimum absolute atomic E-state index is 0.00726. The monoisotopic (exact) mass is 405 g/mol. The summed E-state index contributed by atoms with van der Waals surface area (Å²) in [5.41, 5.74) is 1.35. The van der Waals surface area contributed by atoms with Crippen LogP contribution in [0.5, 0.6) is 0 Å². The van der Waals surface area contributed by atoms with E-state index in [2.05, 4.69) is 20.9 Å². The van der Waals surface area contributed by atoms with Gasteiger partial charge in [-0.15, -0.1) is 0 Å². The Bertz CT molecular complexity index is 997. The SMILES string of the molecule is O=C(C=Cc1cnc2ccc(Br)cn12)c1ccc(Cl)c([N+](=O)[O-])c1. The van der Waals surface area contributed by atoms with E-state index in [1.54, 1.807) is 12.3 Å². The lowest BCUT2D eigenvalue weighted by atomic mass is 10.1. The molecule has 24 heavy (non-hydrogen) atoms. The molecule has 0 N–H and O–H groups in total. The van der Waals surface area contributed by atoms with Gasteiger partial charge in [-0.2, -0.15) is 0 Å². The molecule has 0 unspecified atom stereocenters. The van der Waals surface area contributed by atoms with Crippen LogP contribution in [0.2, 0.25) is 5.02 Å². The van der Waals surface area contributed by atoms with Gasteiger partial charge in [-0.1, -0.05) is 11.6 Å². The average molecular weight is 407 g/mol. The molecule has 8 heteroatoms. The Morgan fingerprint density at radius 2 is 2.12 bits per heavy atom. The first-order chi connectivity index (χ1) is 11.5. The van der Waals surface area contributed by atoms with E-state index in [9.17, 15) is 14.9 Å². The Balaban J connectivity index is 1.91. The smallest absolute Gasteiger partial charge is 0.288 e. The lowest BCUT2D eigenvalue weighted by molar-refractivity contribution is -0.384. The van der Waals surface area contributed by atoms with Crippen molar-refractivity contribution < 1.29 is 9.72 Å². The lowest BCUT2D eigenvalue weighted by Gasteiger charge is -1.99. The summed E-state index contributed by atoms with van der Waals surface area (Å²) in [5, 5.41) is 10.9. The number of imidazole rings is 1. The number of halogens is 2. The maximum absolute atomic E-state index is 12.2. The molecule has 0 amide bonds. The van der Waals surface area contributed by atoms with E-state index in [0.717, 1.165) is 10.1 Å². The number of nitrogens with zero attached hydrogens (tertiary/aromatic N) is 3. The molecule has 0 atom stereocenters. The fraction of sp³-hybridized carbons (Fsp3) is 0. The standard InChI is InChI=1S/C16H9BrClN3O3/c17-11-2-6-16-19-8-12(20(16)9-11)3-5-15(22)10-1-4-13(18)14(7-10)21(23)24/h1-9H. The summed E-state index contributed by atoms with van der Waals surface area (Å²) >= 11 is 9.13. The Morgan fingerprint density at radius 1 is 1.33 bits per heavy atom. The normalized spacial score (nSPS) is 11.2. The zero-order chi connectivity index (χ0) is 17.3. The molecule has 0 fully saturated rings. The van der Waals surface area contributed by atoms with Crippen LogP contribution < -0.4 is 0 Å². The molecule has 2 heterocycles. The highest BCUT2D eigenvalue weighted by Gasteiger charge is 2.15. The summed E-state index contributed by atoms with van der Waals surface area (Å²) in [7, 11) is 0. The van der Waals surface area contributed by atoms with Gasteiger partial charge < -0.3 is 0 Å². The number of hydrogen-bond donors (Lipinski definition) is 0. The van der Waals surface area contributed by atoms with Crippen LogP contribution >= 0.6 is 27.5 Å². The molecule has 0 aliphatic rings. The molecule has 0 saturated heterocycles. The number of nitro benzene ring substituents is 1. The van der Waals surface area contributed by atoms with Crippen LogP contribution in [-0.2, 0) is 0 Å². The topological polar surface area (TPSA) is 77.5 Å². The van der Waals surface area contributed by atoms with E-state index in [1.165, 1.54) is 24.3 Å². The molecule has 3 aromatic rings. The summed E-state index contributed by atoms with van der Waals surface area (Å²) in [5.74, 6) is -0.361. The van der Waals surface area contributed by atoms with Crippen molar-refractivity contribution in [2.75, 3.05) is 0 Å². The molecule has 0 radical (unpaired) electrons. The van der Waals surface area contributed by atoms with Gasteiger partial charge in [-0.05, 0) is 52.3 Å². The fourth-order valence-corrected chi connectivity index (χ4v) is 2.68. The number of carbonyl (C=O) groups excluding carboxylic acids is 1. The van der Waals surface area contributed by atoms with Gasteiger partial charge in [-0.25, -0.2) is 4.98 Å². The predicted octanol–water partition coefficient (Wildman–Crippen LogP) is 4.55. The molecule has 0 aliphatic heterocycles. The molecular weight excluding hydrogens is 398 g/mol. The molecule has 0 saturated carbocycles. The van der Waals surface area contributed by atoms with Crippen molar-refractivity contribution in [1.82, 2.24) is 9.38 Å². The van der Waals surface area contributed by atoms with E-state index < -0.39 is 4.92 Å². The van der Waals surface area contributed by atoms with E-state index in [4.69, 9.17) is 11.6 Å². The Kier molecular flexibility index (Phi) is 4.46. The van der Waals surface area contributed by atoms with Crippen LogP contribution in [0.4, 0.5) is 5.69 Å². The number of allylic oxidation sites excluding steroid dienone is 1. The Morgan fingerprint density at radius 3 is 2.88 bits per heavy atom. The second kappa shape index (κ2) is 6.54. The second-order valence-electron chi connectivity index (χ2n) is 4.88. The summed E-state index contributed by atoms with van der Waals surface area (Å²) in [6.45, 7) is 0. The lowest BCUT2D eigenvalue weighted by Crippen LogP contribution is -1.97. The molecule has 0 aliphatic carbocycles. The third-order valence-electron chi connectivity index (χ3n) is 3.33. The number of benzene rings is 1. The number of fused-ring (bicyclic) bond motifs is 1. The number of pyridine rings is 1. The first-order valence-corrected chi connectivity index (χ1v) is 7.92. The maximum Gasteiger partial charge on any atom is 0.288 e. The van der Waals surface area contributed by atoms with Crippen molar-refractivity contribution in [3.05, 3.63) is 79.7 Å². The zero-order valence-electron chi connectivity index (χ0n) is 12.0. The van der Waals surface area contributed by atoms with Crippen LogP contribution in [0.3, 0.4) is 0 Å². The first kappa shape index (κ1) is 16.4. The third kappa shape index (κ3) is 3.22. The van der Waals surface area contributed by atoms with E-state index in [0.29, 0.717) is 5.69 Å². The van der Waals surface area contributed by atoms with Crippen LogP contribution in [0.25, 0.3) is 11.7 Å². The second-order valence-corrected chi connectivity index (χ2v) is 6.20. The summed E-state index contributed by atoms with van der Waals surface area (Å²) in [6, 6.07) is 7.67. The van der Waals surface area contributed by atoms with Crippen molar-refractivity contribution in [3.63, 3.8) is 0 Å². The molecule has 1 aromatic carbocycles. The molecule has 6 nitrogen and oxygen atoms in total. The molecule has 3 rings (SSSR count). The molecule has 0 spiro atoms. The van der Waals surface area contributed by atoms with Crippen molar-refractivity contribution in [2.45, 2.75) is 0 Å². The largest absolute Gasteiger partial charge is 0.299 e. The van der Waals surface area contributed by atoms with Gasteiger partial charge in [0.05, 0.1) is 16.8 Å². The number of carbonyl (C=O) groups is 1.